The van der Waals surface area contributed by atoms with E-state index in [0.717, 1.165) is 49.9 Å². The van der Waals surface area contributed by atoms with Crippen molar-refractivity contribution in [3.8, 4) is 5.88 Å². The van der Waals surface area contributed by atoms with E-state index in [1.807, 2.05) is 13.8 Å². The fraction of sp³-hybridized carbons (Fsp3) is 0.783. The van der Waals surface area contributed by atoms with E-state index < -0.39 is 11.9 Å². The zero-order valence-corrected chi connectivity index (χ0v) is 20.8. The quantitative estimate of drug-likeness (QED) is 0.213. The minimum Gasteiger partial charge on any atom is -0.475 e. The molecule has 0 aliphatic carbocycles. The number of likely N-dealkylation sites (N-methyl/N-ethyl adjacent to an activating group) is 1. The van der Waals surface area contributed by atoms with Gasteiger partial charge in [-0.3, -0.25) is 4.48 Å². The lowest BCUT2D eigenvalue weighted by molar-refractivity contribution is -0.971. The van der Waals surface area contributed by atoms with Gasteiger partial charge in [0, 0.05) is 25.8 Å². The average molecular weight is 455 g/mol. The highest BCUT2D eigenvalue weighted by Crippen LogP contribution is 2.35. The smallest absolute Gasteiger partial charge is 0.475 e. The van der Waals surface area contributed by atoms with Crippen molar-refractivity contribution in [1.29, 1.82) is 0 Å². The van der Waals surface area contributed by atoms with E-state index >= 15 is 0 Å². The second kappa shape index (κ2) is 12.4. The van der Waals surface area contributed by atoms with E-state index in [4.69, 9.17) is 14.2 Å². The first-order chi connectivity index (χ1) is 14.8. The van der Waals surface area contributed by atoms with Gasteiger partial charge in [-0.05, 0) is 12.8 Å². The fourth-order valence-corrected chi connectivity index (χ4v) is 4.23. The van der Waals surface area contributed by atoms with Gasteiger partial charge in [-0.1, -0.05) is 52.0 Å². The topological polar surface area (TPSA) is 70.5 Å². The Bertz CT molecular complexity index is 719. The molecule has 1 aliphatic heterocycles. The average Bonchev–Trinajstić information content (AvgIpc) is 3.19. The first-order valence-corrected chi connectivity index (χ1v) is 12.4. The van der Waals surface area contributed by atoms with Gasteiger partial charge in [-0.2, -0.15) is 4.37 Å². The van der Waals surface area contributed by atoms with E-state index in [-0.39, 0.29) is 0 Å². The lowest BCUT2D eigenvalue weighted by atomic mass is 10.0. The monoisotopic (exact) mass is 454 g/mol. The van der Waals surface area contributed by atoms with Gasteiger partial charge in [-0.15, -0.1) is 4.37 Å². The Balaban J connectivity index is 1.98. The zero-order chi connectivity index (χ0) is 22.7. The summed E-state index contributed by atoms with van der Waals surface area (Å²) in [6.07, 6.45) is 10.1. The van der Waals surface area contributed by atoms with Crippen LogP contribution in [0, 0.1) is 0 Å². The highest BCUT2D eigenvalue weighted by atomic mass is 32.1. The summed E-state index contributed by atoms with van der Waals surface area (Å²) in [5, 5.41) is 0. The molecule has 0 saturated heterocycles. The number of carbonyl (C=O) groups is 1. The van der Waals surface area contributed by atoms with E-state index in [0.29, 0.717) is 30.1 Å². The van der Waals surface area contributed by atoms with Crippen LogP contribution in [0.1, 0.15) is 84.8 Å². The standard InChI is InChI=1S/C23H40N3O4S/c1-6-8-10-12-16-28-21-20(24-31-25-21)19-14-13-15-26(5,18-19)23(3,4)30-22(27)29-17-11-9-7-2/h14H,6-13,15-18H2,1-5H3/q+1. The van der Waals surface area contributed by atoms with Crippen LogP contribution in [0.2, 0.25) is 0 Å². The summed E-state index contributed by atoms with van der Waals surface area (Å²) < 4.78 is 26.4. The summed E-state index contributed by atoms with van der Waals surface area (Å²) in [5.74, 6) is 0.621. The number of ether oxygens (including phenoxy) is 3. The van der Waals surface area contributed by atoms with Crippen molar-refractivity contribution >= 4 is 23.5 Å². The summed E-state index contributed by atoms with van der Waals surface area (Å²) >= 11 is 1.18. The first kappa shape index (κ1) is 25.6. The van der Waals surface area contributed by atoms with Crippen molar-refractivity contribution in [3.05, 3.63) is 11.8 Å². The molecule has 0 radical (unpaired) electrons. The summed E-state index contributed by atoms with van der Waals surface area (Å²) in [5.41, 5.74) is 1.19. The number of hydrogen-bond acceptors (Lipinski definition) is 7. The molecule has 2 heterocycles. The van der Waals surface area contributed by atoms with Crippen molar-refractivity contribution in [2.24, 2.45) is 0 Å². The molecule has 1 aromatic heterocycles. The van der Waals surface area contributed by atoms with E-state index in [2.05, 4.69) is 35.7 Å². The van der Waals surface area contributed by atoms with Crippen LogP contribution in [0.25, 0.3) is 5.57 Å². The lowest BCUT2D eigenvalue weighted by Gasteiger charge is -2.47. The molecule has 8 heteroatoms. The van der Waals surface area contributed by atoms with Gasteiger partial charge >= 0.3 is 6.16 Å². The second-order valence-corrected chi connectivity index (χ2v) is 9.51. The molecule has 2 rings (SSSR count). The molecule has 31 heavy (non-hydrogen) atoms. The molecular formula is C23H40N3O4S+. The third kappa shape index (κ3) is 7.45. The van der Waals surface area contributed by atoms with Gasteiger partial charge in [0.05, 0.1) is 38.5 Å². The van der Waals surface area contributed by atoms with E-state index in [9.17, 15) is 4.79 Å². The molecule has 7 nitrogen and oxygen atoms in total. The Kier molecular flexibility index (Phi) is 10.2. The zero-order valence-electron chi connectivity index (χ0n) is 19.9. The molecule has 176 valence electrons. The maximum Gasteiger partial charge on any atom is 0.512 e. The van der Waals surface area contributed by atoms with Crippen LogP contribution in [0.4, 0.5) is 4.79 Å². The highest BCUT2D eigenvalue weighted by Gasteiger charge is 2.46. The van der Waals surface area contributed by atoms with Crippen molar-refractivity contribution < 1.29 is 23.5 Å². The molecule has 0 bridgehead atoms. The molecule has 0 amide bonds. The Morgan fingerprint density at radius 2 is 1.81 bits per heavy atom. The van der Waals surface area contributed by atoms with Gasteiger partial charge in [0.1, 0.15) is 12.2 Å². The molecule has 0 saturated carbocycles. The number of hydrogen-bond donors (Lipinski definition) is 0. The Hall–Kier alpha value is -1.67. The number of nitrogens with zero attached hydrogens (tertiary/aromatic N) is 3. The van der Waals surface area contributed by atoms with Gasteiger partial charge < -0.3 is 14.2 Å². The predicted octanol–water partition coefficient (Wildman–Crippen LogP) is 5.81. The Labute approximate surface area is 191 Å². The summed E-state index contributed by atoms with van der Waals surface area (Å²) in [6, 6.07) is 0. The number of rotatable bonds is 13. The number of quaternary nitrogens is 1. The molecule has 1 unspecified atom stereocenters. The van der Waals surface area contributed by atoms with Crippen LogP contribution in [0.3, 0.4) is 0 Å². The van der Waals surface area contributed by atoms with Gasteiger partial charge in [0.2, 0.25) is 5.72 Å². The SMILES string of the molecule is CCCCCCOc1nsnc1C1=CCC[N+](C)(C(C)(C)OC(=O)OCCCCC)C1. The van der Waals surface area contributed by atoms with Crippen LogP contribution in [0.5, 0.6) is 5.88 Å². The number of aromatic nitrogens is 2. The van der Waals surface area contributed by atoms with Crippen LogP contribution in [-0.2, 0) is 9.47 Å². The molecule has 1 aliphatic rings. The van der Waals surface area contributed by atoms with Crippen molar-refractivity contribution in [3.63, 3.8) is 0 Å². The minimum atomic E-state index is -0.730. The van der Waals surface area contributed by atoms with Gasteiger partial charge in [0.15, 0.2) is 0 Å². The Morgan fingerprint density at radius 3 is 2.55 bits per heavy atom. The van der Waals surface area contributed by atoms with Crippen molar-refractivity contribution in [1.82, 2.24) is 8.75 Å². The Morgan fingerprint density at radius 1 is 1.10 bits per heavy atom. The molecule has 0 aromatic carbocycles. The summed E-state index contributed by atoms with van der Waals surface area (Å²) in [6.45, 7) is 10.8. The summed E-state index contributed by atoms with van der Waals surface area (Å²) in [4.78, 5) is 12.3. The maximum absolute atomic E-state index is 12.3. The van der Waals surface area contributed by atoms with Crippen LogP contribution < -0.4 is 4.74 Å². The number of unbranched alkanes of at least 4 members (excludes halogenated alkanes) is 5. The van der Waals surface area contributed by atoms with Crippen LogP contribution in [0.15, 0.2) is 6.08 Å². The number of carbonyl (C=O) groups excluding carboxylic acids is 1. The van der Waals surface area contributed by atoms with Gasteiger partial charge in [0.25, 0.3) is 5.88 Å². The maximum atomic E-state index is 12.3. The van der Waals surface area contributed by atoms with Gasteiger partial charge in [-0.25, -0.2) is 4.79 Å². The largest absolute Gasteiger partial charge is 0.512 e. The molecule has 1 aromatic rings. The summed E-state index contributed by atoms with van der Waals surface area (Å²) in [7, 11) is 2.11. The molecule has 0 fully saturated rings. The fourth-order valence-electron chi connectivity index (χ4n) is 3.69. The van der Waals surface area contributed by atoms with Crippen molar-refractivity contribution in [2.45, 2.75) is 84.8 Å². The van der Waals surface area contributed by atoms with E-state index in [1.165, 1.54) is 31.0 Å². The lowest BCUT2D eigenvalue weighted by Crippen LogP contribution is -2.62. The van der Waals surface area contributed by atoms with Crippen molar-refractivity contribution in [2.75, 3.05) is 33.4 Å². The third-order valence-electron chi connectivity index (χ3n) is 6.13. The predicted molar refractivity (Wildman–Crippen MR) is 124 cm³/mol. The highest BCUT2D eigenvalue weighted by molar-refractivity contribution is 6.99. The minimum absolute atomic E-state index is 0.404. The first-order valence-electron chi connectivity index (χ1n) is 11.7. The second-order valence-electron chi connectivity index (χ2n) is 8.98. The molecular weight excluding hydrogens is 414 g/mol. The van der Waals surface area contributed by atoms with E-state index in [1.54, 1.807) is 0 Å². The molecule has 1 atom stereocenters. The molecule has 0 spiro atoms. The third-order valence-corrected chi connectivity index (χ3v) is 6.64. The van der Waals surface area contributed by atoms with Crippen LogP contribution >= 0.6 is 11.7 Å². The normalized spacial score (nSPS) is 19.1. The molecule has 0 N–H and O–H groups in total. The van der Waals surface area contributed by atoms with Crippen LogP contribution in [-0.4, -0.2) is 58.5 Å².